The molecule has 0 aliphatic heterocycles. The zero-order chi connectivity index (χ0) is 13.7. The van der Waals surface area contributed by atoms with Gasteiger partial charge >= 0.3 is 0 Å². The number of amidine groups is 2. The zero-order valence-electron chi connectivity index (χ0n) is 10.5. The highest BCUT2D eigenvalue weighted by Crippen LogP contribution is 2.10. The molecule has 2 N–H and O–H groups in total. The van der Waals surface area contributed by atoms with Gasteiger partial charge in [-0.15, -0.1) is 0 Å². The van der Waals surface area contributed by atoms with Crippen molar-refractivity contribution >= 4 is 23.3 Å². The van der Waals surface area contributed by atoms with Crippen LogP contribution in [0.15, 0.2) is 59.6 Å². The molecule has 0 unspecified atom stereocenters. The first-order valence-corrected chi connectivity index (χ1v) is 6.25. The molecule has 2 rings (SSSR count). The van der Waals surface area contributed by atoms with Gasteiger partial charge in [0.1, 0.15) is 5.84 Å². The summed E-state index contributed by atoms with van der Waals surface area (Å²) in [6.45, 7) is 0. The minimum absolute atomic E-state index is 0.222. The lowest BCUT2D eigenvalue weighted by atomic mass is 10.2. The molecule has 0 radical (unpaired) electrons. The summed E-state index contributed by atoms with van der Waals surface area (Å²) >= 11 is 5.86. The van der Waals surface area contributed by atoms with Gasteiger partial charge in [0.05, 0.1) is 0 Å². The maximum absolute atomic E-state index is 8.00. The number of aliphatic imine (C=N–C) groups is 1. The topological polar surface area (TPSA) is 48.2 Å². The number of hydrogen-bond acceptors (Lipinski definition) is 1. The van der Waals surface area contributed by atoms with Crippen LogP contribution >= 0.6 is 11.6 Å². The first kappa shape index (κ1) is 13.3. The molecule has 2 aromatic rings. The van der Waals surface area contributed by atoms with Gasteiger partial charge in [0.2, 0.25) is 0 Å². The number of rotatable bonds is 2. The quantitative estimate of drug-likeness (QED) is 0.639. The van der Waals surface area contributed by atoms with Crippen molar-refractivity contribution in [3.63, 3.8) is 0 Å². The van der Waals surface area contributed by atoms with Crippen LogP contribution in [0.3, 0.4) is 0 Å². The summed E-state index contributed by atoms with van der Waals surface area (Å²) in [4.78, 5) is 4.31. The fourth-order valence-electron chi connectivity index (χ4n) is 1.64. The molecule has 0 saturated heterocycles. The lowest BCUT2D eigenvalue weighted by Gasteiger charge is -2.07. The Kier molecular flexibility index (Phi) is 4.31. The first-order valence-electron chi connectivity index (χ1n) is 5.87. The second-order valence-electron chi connectivity index (χ2n) is 3.93. The van der Waals surface area contributed by atoms with Gasteiger partial charge in [0.25, 0.3) is 0 Å². The Morgan fingerprint density at radius 1 is 1.00 bits per heavy atom. The Balaban J connectivity index is 2.29. The maximum Gasteiger partial charge on any atom is 0.154 e. The van der Waals surface area contributed by atoms with Gasteiger partial charge in [-0.05, 0) is 24.3 Å². The van der Waals surface area contributed by atoms with Crippen LogP contribution < -0.4 is 5.32 Å². The fraction of sp³-hybridized carbons (Fsp3) is 0.0667. The molecule has 0 heterocycles. The summed E-state index contributed by atoms with van der Waals surface area (Å²) in [5.74, 6) is 0.866. The minimum atomic E-state index is 0.222. The minimum Gasteiger partial charge on any atom is -0.373 e. The van der Waals surface area contributed by atoms with E-state index in [-0.39, 0.29) is 5.84 Å². The summed E-state index contributed by atoms with van der Waals surface area (Å²) in [6, 6.07) is 16.8. The van der Waals surface area contributed by atoms with Crippen LogP contribution in [-0.2, 0) is 0 Å². The third-order valence-electron chi connectivity index (χ3n) is 2.63. The van der Waals surface area contributed by atoms with Crippen molar-refractivity contribution in [1.82, 2.24) is 5.32 Å². The summed E-state index contributed by atoms with van der Waals surface area (Å²) in [6.07, 6.45) is 0. The van der Waals surface area contributed by atoms with Gasteiger partial charge in [-0.3, -0.25) is 5.41 Å². The third kappa shape index (κ3) is 3.42. The molecule has 19 heavy (non-hydrogen) atoms. The average Bonchev–Trinajstić information content (AvgIpc) is 2.46. The molecule has 4 heteroatoms. The van der Waals surface area contributed by atoms with Crippen molar-refractivity contribution in [1.29, 1.82) is 5.41 Å². The van der Waals surface area contributed by atoms with Crippen molar-refractivity contribution in [2.24, 2.45) is 4.99 Å². The molecule has 0 aliphatic rings. The number of hydrogen-bond donors (Lipinski definition) is 2. The average molecular weight is 272 g/mol. The number of nitrogens with zero attached hydrogens (tertiary/aromatic N) is 1. The van der Waals surface area contributed by atoms with Gasteiger partial charge < -0.3 is 5.32 Å². The highest BCUT2D eigenvalue weighted by Gasteiger charge is 2.04. The summed E-state index contributed by atoms with van der Waals surface area (Å²) in [5.41, 5.74) is 1.68. The highest BCUT2D eigenvalue weighted by atomic mass is 35.5. The molecule has 0 aromatic heterocycles. The van der Waals surface area contributed by atoms with Crippen molar-refractivity contribution in [2.75, 3.05) is 7.05 Å². The molecule has 0 fully saturated rings. The number of benzene rings is 2. The number of nitrogens with one attached hydrogen (secondary N) is 2. The number of halogens is 1. The van der Waals surface area contributed by atoms with Crippen LogP contribution in [0, 0.1) is 5.41 Å². The smallest absolute Gasteiger partial charge is 0.154 e. The predicted molar refractivity (Wildman–Crippen MR) is 80.3 cm³/mol. The van der Waals surface area contributed by atoms with E-state index in [0.29, 0.717) is 10.9 Å². The Morgan fingerprint density at radius 2 is 1.63 bits per heavy atom. The lowest BCUT2D eigenvalue weighted by molar-refractivity contribution is 1.16. The van der Waals surface area contributed by atoms with E-state index < -0.39 is 0 Å². The summed E-state index contributed by atoms with van der Waals surface area (Å²) in [7, 11) is 1.78. The molecule has 0 aliphatic carbocycles. The Bertz CT molecular complexity index is 589. The third-order valence-corrected chi connectivity index (χ3v) is 2.88. The maximum atomic E-state index is 8.00. The van der Waals surface area contributed by atoms with E-state index >= 15 is 0 Å². The van der Waals surface area contributed by atoms with E-state index in [1.54, 1.807) is 19.2 Å². The Labute approximate surface area is 117 Å². The van der Waals surface area contributed by atoms with Crippen molar-refractivity contribution in [3.8, 4) is 0 Å². The van der Waals surface area contributed by atoms with Crippen LogP contribution in [0.25, 0.3) is 0 Å². The molecule has 0 atom stereocenters. The van der Waals surface area contributed by atoms with E-state index in [9.17, 15) is 0 Å². The second-order valence-corrected chi connectivity index (χ2v) is 4.37. The predicted octanol–water partition coefficient (Wildman–Crippen LogP) is 3.33. The molecule has 2 aromatic carbocycles. The van der Waals surface area contributed by atoms with Crippen LogP contribution in [0.4, 0.5) is 0 Å². The molecule has 3 nitrogen and oxygen atoms in total. The molecular formula is C15H14ClN3. The van der Waals surface area contributed by atoms with Crippen molar-refractivity contribution in [2.45, 2.75) is 0 Å². The Morgan fingerprint density at radius 3 is 2.21 bits per heavy atom. The van der Waals surface area contributed by atoms with Crippen molar-refractivity contribution in [3.05, 3.63) is 70.7 Å². The van der Waals surface area contributed by atoms with Gasteiger partial charge in [-0.2, -0.15) is 0 Å². The van der Waals surface area contributed by atoms with Crippen LogP contribution in [-0.4, -0.2) is 18.7 Å². The Hall–Kier alpha value is -2.13. The fourth-order valence-corrected chi connectivity index (χ4v) is 1.77. The van der Waals surface area contributed by atoms with E-state index in [2.05, 4.69) is 10.3 Å². The van der Waals surface area contributed by atoms with Gasteiger partial charge in [0.15, 0.2) is 5.84 Å². The van der Waals surface area contributed by atoms with Crippen LogP contribution in [0.1, 0.15) is 11.1 Å². The van der Waals surface area contributed by atoms with E-state index in [4.69, 9.17) is 17.0 Å². The van der Waals surface area contributed by atoms with Gasteiger partial charge in [-0.1, -0.05) is 41.9 Å². The van der Waals surface area contributed by atoms with Gasteiger partial charge in [0, 0.05) is 23.2 Å². The lowest BCUT2D eigenvalue weighted by Crippen LogP contribution is -2.21. The van der Waals surface area contributed by atoms with E-state index in [1.165, 1.54) is 0 Å². The van der Waals surface area contributed by atoms with E-state index in [0.717, 1.165) is 11.1 Å². The molecular weight excluding hydrogens is 258 g/mol. The normalized spacial score (nSPS) is 11.2. The molecule has 0 amide bonds. The highest BCUT2D eigenvalue weighted by molar-refractivity contribution is 6.30. The molecule has 0 saturated carbocycles. The van der Waals surface area contributed by atoms with E-state index in [1.807, 2.05) is 42.5 Å². The van der Waals surface area contributed by atoms with Crippen molar-refractivity contribution < 1.29 is 0 Å². The largest absolute Gasteiger partial charge is 0.373 e. The van der Waals surface area contributed by atoms with Crippen LogP contribution in [0.2, 0.25) is 5.02 Å². The SMILES string of the molecule is CN/C(=N\C(=N)c1ccccc1)c1ccc(Cl)cc1. The van der Waals surface area contributed by atoms with Crippen LogP contribution in [0.5, 0.6) is 0 Å². The second kappa shape index (κ2) is 6.16. The standard InChI is InChI=1S/C15H14ClN3/c1-18-15(12-7-9-13(16)10-8-12)19-14(17)11-5-3-2-4-6-11/h2-10H,1H3,(H2,17,18,19). The monoisotopic (exact) mass is 271 g/mol. The first-order chi connectivity index (χ1) is 9.20. The molecule has 0 bridgehead atoms. The summed E-state index contributed by atoms with van der Waals surface area (Å²) < 4.78 is 0. The zero-order valence-corrected chi connectivity index (χ0v) is 11.3. The molecule has 96 valence electrons. The summed E-state index contributed by atoms with van der Waals surface area (Å²) in [5, 5.41) is 11.7. The molecule has 0 spiro atoms. The van der Waals surface area contributed by atoms with Gasteiger partial charge in [-0.25, -0.2) is 4.99 Å².